The lowest BCUT2D eigenvalue weighted by molar-refractivity contribution is 0.0947. The maximum absolute atomic E-state index is 14.3. The van der Waals surface area contributed by atoms with Crippen LogP contribution in [0.1, 0.15) is 16.1 Å². The predicted molar refractivity (Wildman–Crippen MR) is 111 cm³/mol. The summed E-state index contributed by atoms with van der Waals surface area (Å²) in [6.45, 7) is 1.21. The van der Waals surface area contributed by atoms with Crippen LogP contribution in [0.2, 0.25) is 0 Å². The number of anilines is 2. The quantitative estimate of drug-likeness (QED) is 0.474. The fraction of sp³-hybridized carbons (Fsp3) is 0.286. The largest absolute Gasteiger partial charge is 0.492 e. The van der Waals surface area contributed by atoms with Crippen molar-refractivity contribution in [2.24, 2.45) is 0 Å². The molecule has 3 N–H and O–H groups in total. The number of amides is 1. The Labute approximate surface area is 178 Å². The van der Waals surface area contributed by atoms with E-state index in [2.05, 4.69) is 25.6 Å². The number of ether oxygens (including phenoxy) is 3. The van der Waals surface area contributed by atoms with Crippen molar-refractivity contribution in [1.29, 1.82) is 0 Å². The molecule has 1 aliphatic heterocycles. The minimum absolute atomic E-state index is 0.0406. The molecule has 1 amide bonds. The average Bonchev–Trinajstić information content (AvgIpc) is 3.14. The fourth-order valence-electron chi connectivity index (χ4n) is 3.48. The van der Waals surface area contributed by atoms with Gasteiger partial charge in [0.2, 0.25) is 0 Å². The molecule has 0 bridgehead atoms. The first-order chi connectivity index (χ1) is 15.1. The van der Waals surface area contributed by atoms with Gasteiger partial charge in [0.15, 0.2) is 17.3 Å². The highest BCUT2D eigenvalue weighted by Crippen LogP contribution is 2.41. The van der Waals surface area contributed by atoms with Gasteiger partial charge in [0.05, 0.1) is 42.5 Å². The van der Waals surface area contributed by atoms with E-state index >= 15 is 0 Å². The molecule has 0 saturated carbocycles. The molecule has 0 unspecified atom stereocenters. The van der Waals surface area contributed by atoms with E-state index < -0.39 is 5.82 Å². The molecule has 162 valence electrons. The van der Waals surface area contributed by atoms with Gasteiger partial charge in [-0.1, -0.05) is 6.07 Å². The van der Waals surface area contributed by atoms with Gasteiger partial charge in [0, 0.05) is 25.8 Å². The number of benzene rings is 1. The summed E-state index contributed by atoms with van der Waals surface area (Å²) in [6.07, 6.45) is 3.55. The highest BCUT2D eigenvalue weighted by molar-refractivity contribution is 6.06. The topological polar surface area (TPSA) is 110 Å². The first-order valence-electron chi connectivity index (χ1n) is 9.68. The van der Waals surface area contributed by atoms with Crippen molar-refractivity contribution < 1.29 is 23.4 Å². The van der Waals surface area contributed by atoms with Gasteiger partial charge in [-0.2, -0.15) is 0 Å². The molecule has 31 heavy (non-hydrogen) atoms. The Balaban J connectivity index is 1.84. The Morgan fingerprint density at radius 1 is 1.26 bits per heavy atom. The van der Waals surface area contributed by atoms with Crippen LogP contribution in [-0.4, -0.2) is 54.8 Å². The van der Waals surface area contributed by atoms with Gasteiger partial charge in [0.1, 0.15) is 18.6 Å². The van der Waals surface area contributed by atoms with E-state index in [4.69, 9.17) is 14.2 Å². The molecule has 1 aromatic carbocycles. The zero-order valence-corrected chi connectivity index (χ0v) is 17.1. The van der Waals surface area contributed by atoms with E-state index in [1.54, 1.807) is 25.4 Å². The van der Waals surface area contributed by atoms with Crippen LogP contribution in [0.5, 0.6) is 11.5 Å². The molecule has 0 saturated heterocycles. The predicted octanol–water partition coefficient (Wildman–Crippen LogP) is 2.67. The van der Waals surface area contributed by atoms with Gasteiger partial charge >= 0.3 is 0 Å². The second-order valence-electron chi connectivity index (χ2n) is 6.76. The van der Waals surface area contributed by atoms with Crippen LogP contribution in [0.15, 0.2) is 30.7 Å². The number of carbonyl (C=O) groups is 1. The molecule has 3 aromatic rings. The normalized spacial score (nSPS) is 12.8. The summed E-state index contributed by atoms with van der Waals surface area (Å²) >= 11 is 0. The zero-order valence-electron chi connectivity index (χ0n) is 17.1. The van der Waals surface area contributed by atoms with Crippen molar-refractivity contribution in [3.63, 3.8) is 0 Å². The number of methoxy groups -OCH3 is 2. The summed E-state index contributed by atoms with van der Waals surface area (Å²) in [4.78, 5) is 24.4. The number of nitrogens with zero attached hydrogens (tertiary/aromatic N) is 2. The summed E-state index contributed by atoms with van der Waals surface area (Å²) in [5, 5.41) is 6.01. The molecular weight excluding hydrogens is 405 g/mol. The van der Waals surface area contributed by atoms with Crippen molar-refractivity contribution in [2.75, 3.05) is 39.3 Å². The third-order valence-corrected chi connectivity index (χ3v) is 4.86. The third-order valence-electron chi connectivity index (χ3n) is 4.86. The number of hydrogen-bond acceptors (Lipinski definition) is 7. The van der Waals surface area contributed by atoms with Crippen LogP contribution in [0, 0.1) is 5.82 Å². The van der Waals surface area contributed by atoms with Crippen LogP contribution in [-0.2, 0) is 11.2 Å². The van der Waals surface area contributed by atoms with Gasteiger partial charge in [-0.25, -0.2) is 14.4 Å². The molecule has 10 heteroatoms. The molecule has 0 atom stereocenters. The molecule has 0 spiro atoms. The standard InChI is InChI=1S/C21H22FN5O4/c1-29-8-9-31-15-10-23-11-25-17(15)19-18(16-13(26-19)6-7-24-21(16)28)27-14-5-3-4-12(22)20(14)30-2/h3-5,10-11,26-27H,6-9H2,1-2H3,(H,24,28). The maximum Gasteiger partial charge on any atom is 0.255 e. The second-order valence-corrected chi connectivity index (χ2v) is 6.76. The summed E-state index contributed by atoms with van der Waals surface area (Å²) in [7, 11) is 2.97. The van der Waals surface area contributed by atoms with Crippen molar-refractivity contribution in [3.8, 4) is 22.9 Å². The Morgan fingerprint density at radius 3 is 2.94 bits per heavy atom. The van der Waals surface area contributed by atoms with Crippen molar-refractivity contribution in [3.05, 3.63) is 47.8 Å². The van der Waals surface area contributed by atoms with E-state index in [-0.39, 0.29) is 11.7 Å². The number of H-pyrrole nitrogens is 1. The molecule has 4 rings (SSSR count). The number of para-hydroxylation sites is 1. The minimum atomic E-state index is -0.520. The lowest BCUT2D eigenvalue weighted by Gasteiger charge is -2.17. The van der Waals surface area contributed by atoms with E-state index in [1.807, 2.05) is 0 Å². The monoisotopic (exact) mass is 427 g/mol. The Hall–Kier alpha value is -3.66. The highest BCUT2D eigenvalue weighted by atomic mass is 19.1. The molecule has 1 aliphatic rings. The van der Waals surface area contributed by atoms with Crippen LogP contribution >= 0.6 is 0 Å². The number of rotatable bonds is 8. The van der Waals surface area contributed by atoms with Crippen molar-refractivity contribution >= 4 is 17.3 Å². The van der Waals surface area contributed by atoms with Crippen LogP contribution in [0.3, 0.4) is 0 Å². The summed E-state index contributed by atoms with van der Waals surface area (Å²) in [5.74, 6) is -0.294. The maximum atomic E-state index is 14.3. The third kappa shape index (κ3) is 4.02. The zero-order chi connectivity index (χ0) is 21.8. The highest BCUT2D eigenvalue weighted by Gasteiger charge is 2.29. The summed E-state index contributed by atoms with van der Waals surface area (Å²) in [6, 6.07) is 4.53. The molecule has 0 radical (unpaired) electrons. The van der Waals surface area contributed by atoms with Gasteiger partial charge in [-0.15, -0.1) is 0 Å². The molecule has 0 aliphatic carbocycles. The number of fused-ring (bicyclic) bond motifs is 1. The Kier molecular flexibility index (Phi) is 5.99. The number of hydrogen-bond donors (Lipinski definition) is 3. The van der Waals surface area contributed by atoms with Crippen LogP contribution < -0.4 is 20.1 Å². The Morgan fingerprint density at radius 2 is 2.13 bits per heavy atom. The van der Waals surface area contributed by atoms with Gasteiger partial charge < -0.3 is 29.8 Å². The van der Waals surface area contributed by atoms with Gasteiger partial charge in [-0.3, -0.25) is 4.79 Å². The van der Waals surface area contributed by atoms with E-state index in [9.17, 15) is 9.18 Å². The first-order valence-corrected chi connectivity index (χ1v) is 9.68. The van der Waals surface area contributed by atoms with Gasteiger partial charge in [0.25, 0.3) is 5.91 Å². The first kappa shape index (κ1) is 20.6. The molecule has 2 aromatic heterocycles. The Bertz CT molecular complexity index is 1100. The number of carbonyl (C=O) groups excluding carboxylic acids is 1. The van der Waals surface area contributed by atoms with E-state index in [0.29, 0.717) is 60.3 Å². The van der Waals surface area contributed by atoms with Crippen molar-refractivity contribution in [2.45, 2.75) is 6.42 Å². The molecular formula is C21H22FN5O4. The summed E-state index contributed by atoms with van der Waals surface area (Å²) < 4.78 is 30.3. The number of aromatic amines is 1. The number of aromatic nitrogens is 3. The molecule has 9 nitrogen and oxygen atoms in total. The molecule has 3 heterocycles. The lowest BCUT2D eigenvalue weighted by Crippen LogP contribution is -2.31. The smallest absolute Gasteiger partial charge is 0.255 e. The SMILES string of the molecule is COCCOc1cncnc1-c1[nH]c2c(c1Nc1cccc(F)c1OC)C(=O)NCC2. The second kappa shape index (κ2) is 9.00. The lowest BCUT2D eigenvalue weighted by atomic mass is 10.1. The average molecular weight is 427 g/mol. The molecule has 0 fully saturated rings. The summed E-state index contributed by atoms with van der Waals surface area (Å²) in [5.41, 5.74) is 3.01. The van der Waals surface area contributed by atoms with Crippen molar-refractivity contribution in [1.82, 2.24) is 20.3 Å². The number of halogens is 1. The van der Waals surface area contributed by atoms with Gasteiger partial charge in [-0.05, 0) is 12.1 Å². The van der Waals surface area contributed by atoms with Crippen LogP contribution in [0.25, 0.3) is 11.4 Å². The van der Waals surface area contributed by atoms with E-state index in [1.165, 1.54) is 19.5 Å². The fourth-order valence-corrected chi connectivity index (χ4v) is 3.48. The minimum Gasteiger partial charge on any atom is -0.492 e. The van der Waals surface area contributed by atoms with Crippen LogP contribution in [0.4, 0.5) is 15.8 Å². The van der Waals surface area contributed by atoms with E-state index in [0.717, 1.165) is 5.69 Å². The number of nitrogens with one attached hydrogen (secondary N) is 3.